The van der Waals surface area contributed by atoms with Gasteiger partial charge in [0.2, 0.25) is 5.91 Å². The summed E-state index contributed by atoms with van der Waals surface area (Å²) < 4.78 is 0. The average molecular weight is 530 g/mol. The largest absolute Gasteiger partial charge is 0.357 e. The third kappa shape index (κ3) is 8.41. The van der Waals surface area contributed by atoms with Gasteiger partial charge in [-0.05, 0) is 58.6 Å². The smallest absolute Gasteiger partial charge is 0.227 e. The van der Waals surface area contributed by atoms with Crippen LogP contribution in [0.1, 0.15) is 51.7 Å². The lowest BCUT2D eigenvalue weighted by Crippen LogP contribution is -2.49. The summed E-state index contributed by atoms with van der Waals surface area (Å²) >= 11 is 0. The minimum Gasteiger partial charge on any atom is -0.357 e. The first kappa shape index (κ1) is 26.7. The summed E-state index contributed by atoms with van der Waals surface area (Å²) in [4.78, 5) is 19.4. The highest BCUT2D eigenvalue weighted by molar-refractivity contribution is 14.0. The van der Waals surface area contributed by atoms with Gasteiger partial charge in [0.25, 0.3) is 0 Å². The second-order valence-electron chi connectivity index (χ2n) is 8.56. The summed E-state index contributed by atoms with van der Waals surface area (Å²) in [6.07, 6.45) is 2.19. The number of carbonyl (C=O) groups is 1. The number of hydrogen-bond acceptors (Lipinski definition) is 3. The van der Waals surface area contributed by atoms with E-state index in [0.29, 0.717) is 19.1 Å². The predicted octanol–water partition coefficient (Wildman–Crippen LogP) is 3.29. The monoisotopic (exact) mass is 529 g/mol. The van der Waals surface area contributed by atoms with Crippen molar-refractivity contribution in [3.63, 3.8) is 0 Å². The molecule has 1 fully saturated rings. The molecule has 1 aromatic rings. The number of aryl methyl sites for hydroxylation is 1. The first-order valence-corrected chi connectivity index (χ1v) is 11.0. The Kier molecular flexibility index (Phi) is 11.7. The minimum absolute atomic E-state index is 0. The summed E-state index contributed by atoms with van der Waals surface area (Å²) in [5.74, 6) is 0.853. The number of guanidine groups is 1. The van der Waals surface area contributed by atoms with Gasteiger partial charge >= 0.3 is 0 Å². The van der Waals surface area contributed by atoms with Crippen molar-refractivity contribution in [2.75, 3.05) is 32.7 Å². The maximum absolute atomic E-state index is 12.2. The zero-order valence-corrected chi connectivity index (χ0v) is 21.6. The van der Waals surface area contributed by atoms with Crippen LogP contribution in [0.3, 0.4) is 0 Å². The van der Waals surface area contributed by atoms with Crippen molar-refractivity contribution in [2.45, 2.75) is 60.0 Å². The van der Waals surface area contributed by atoms with Crippen LogP contribution in [-0.2, 0) is 11.3 Å². The summed E-state index contributed by atoms with van der Waals surface area (Å²) in [6.45, 7) is 15.2. The zero-order valence-electron chi connectivity index (χ0n) is 19.3. The van der Waals surface area contributed by atoms with Crippen molar-refractivity contribution in [1.82, 2.24) is 20.9 Å². The van der Waals surface area contributed by atoms with E-state index in [2.05, 4.69) is 59.0 Å². The standard InChI is InChI=1S/C23H39N5O.HI/c1-6-24-21(29)23(4,5)17-26-22(25-7-2)27-20-12-14-28(15-13-20)16-19-11-9-8-10-18(19)3;/h8-11,20H,6-7,12-17H2,1-5H3,(H,24,29)(H2,25,26,27);1H. The van der Waals surface area contributed by atoms with Crippen LogP contribution in [0, 0.1) is 12.3 Å². The number of halogens is 1. The van der Waals surface area contributed by atoms with Gasteiger partial charge in [-0.1, -0.05) is 24.3 Å². The van der Waals surface area contributed by atoms with E-state index in [1.54, 1.807) is 0 Å². The van der Waals surface area contributed by atoms with E-state index in [1.165, 1.54) is 11.1 Å². The van der Waals surface area contributed by atoms with Crippen molar-refractivity contribution in [3.05, 3.63) is 35.4 Å². The number of carbonyl (C=O) groups excluding carboxylic acids is 1. The number of likely N-dealkylation sites (tertiary alicyclic amines) is 1. The summed E-state index contributed by atoms with van der Waals surface area (Å²) in [5.41, 5.74) is 2.26. The van der Waals surface area contributed by atoms with Crippen molar-refractivity contribution < 1.29 is 4.79 Å². The van der Waals surface area contributed by atoms with E-state index in [9.17, 15) is 4.79 Å². The molecule has 6 nitrogen and oxygen atoms in total. The van der Waals surface area contributed by atoms with Gasteiger partial charge in [0.15, 0.2) is 5.96 Å². The maximum atomic E-state index is 12.2. The molecule has 1 aliphatic rings. The Balaban J connectivity index is 0.00000450. The molecule has 0 saturated carbocycles. The second kappa shape index (κ2) is 13.1. The summed E-state index contributed by atoms with van der Waals surface area (Å²) in [5, 5.41) is 9.80. The van der Waals surface area contributed by atoms with Crippen LogP contribution in [0.2, 0.25) is 0 Å². The van der Waals surface area contributed by atoms with Gasteiger partial charge in [-0.15, -0.1) is 24.0 Å². The predicted molar refractivity (Wildman–Crippen MR) is 136 cm³/mol. The van der Waals surface area contributed by atoms with Crippen LogP contribution in [-0.4, -0.2) is 55.5 Å². The first-order valence-electron chi connectivity index (χ1n) is 11.0. The van der Waals surface area contributed by atoms with Gasteiger partial charge in [-0.25, -0.2) is 0 Å². The molecule has 1 aliphatic heterocycles. The fourth-order valence-electron chi connectivity index (χ4n) is 3.53. The fourth-order valence-corrected chi connectivity index (χ4v) is 3.53. The van der Waals surface area contributed by atoms with E-state index in [4.69, 9.17) is 4.99 Å². The molecule has 0 aromatic heterocycles. The Morgan fingerprint density at radius 3 is 2.37 bits per heavy atom. The molecule has 0 bridgehead atoms. The SMILES string of the molecule is CCNC(=O)C(C)(C)CN=C(NCC)NC1CCN(Cc2ccccc2C)CC1.I. The highest BCUT2D eigenvalue weighted by atomic mass is 127. The molecule has 7 heteroatoms. The Morgan fingerprint density at radius 2 is 1.77 bits per heavy atom. The lowest BCUT2D eigenvalue weighted by Gasteiger charge is -2.33. The number of aliphatic imine (C=N–C) groups is 1. The molecule has 0 atom stereocenters. The van der Waals surface area contributed by atoms with Crippen LogP contribution < -0.4 is 16.0 Å². The number of hydrogen-bond donors (Lipinski definition) is 3. The Hall–Kier alpha value is -1.35. The Bertz CT molecular complexity index is 684. The number of benzene rings is 1. The van der Waals surface area contributed by atoms with Crippen LogP contribution in [0.25, 0.3) is 0 Å². The molecule has 1 saturated heterocycles. The number of amides is 1. The topological polar surface area (TPSA) is 68.8 Å². The molecule has 2 rings (SSSR count). The molecule has 3 N–H and O–H groups in total. The zero-order chi connectivity index (χ0) is 21.3. The van der Waals surface area contributed by atoms with Crippen LogP contribution in [0.4, 0.5) is 0 Å². The Labute approximate surface area is 199 Å². The van der Waals surface area contributed by atoms with Gasteiger partial charge in [0.05, 0.1) is 12.0 Å². The highest BCUT2D eigenvalue weighted by Gasteiger charge is 2.27. The maximum Gasteiger partial charge on any atom is 0.227 e. The molecular formula is C23H40IN5O. The van der Waals surface area contributed by atoms with Crippen molar-refractivity contribution in [3.8, 4) is 0 Å². The minimum atomic E-state index is -0.519. The molecule has 0 unspecified atom stereocenters. The fraction of sp³-hybridized carbons (Fsp3) is 0.652. The number of piperidine rings is 1. The van der Waals surface area contributed by atoms with Crippen molar-refractivity contribution in [1.29, 1.82) is 0 Å². The van der Waals surface area contributed by atoms with Crippen molar-refractivity contribution in [2.24, 2.45) is 10.4 Å². The van der Waals surface area contributed by atoms with Gasteiger partial charge < -0.3 is 16.0 Å². The lowest BCUT2D eigenvalue weighted by molar-refractivity contribution is -0.128. The van der Waals surface area contributed by atoms with Gasteiger partial charge in [0.1, 0.15) is 0 Å². The molecule has 0 radical (unpaired) electrons. The van der Waals surface area contributed by atoms with E-state index in [1.807, 2.05) is 20.8 Å². The van der Waals surface area contributed by atoms with E-state index < -0.39 is 5.41 Å². The normalized spacial score (nSPS) is 16.0. The first-order chi connectivity index (χ1) is 13.9. The average Bonchev–Trinajstić information content (AvgIpc) is 2.70. The molecule has 0 aliphatic carbocycles. The van der Waals surface area contributed by atoms with E-state index in [0.717, 1.165) is 45.0 Å². The lowest BCUT2D eigenvalue weighted by atomic mass is 9.92. The molecule has 1 amide bonds. The molecule has 30 heavy (non-hydrogen) atoms. The second-order valence-corrected chi connectivity index (χ2v) is 8.56. The molecule has 170 valence electrons. The number of nitrogens with zero attached hydrogens (tertiary/aromatic N) is 2. The van der Waals surface area contributed by atoms with Gasteiger partial charge in [0, 0.05) is 38.8 Å². The third-order valence-electron chi connectivity index (χ3n) is 5.51. The van der Waals surface area contributed by atoms with Gasteiger partial charge in [-0.3, -0.25) is 14.7 Å². The Morgan fingerprint density at radius 1 is 1.13 bits per heavy atom. The highest BCUT2D eigenvalue weighted by Crippen LogP contribution is 2.17. The number of rotatable bonds is 8. The van der Waals surface area contributed by atoms with E-state index in [-0.39, 0.29) is 29.9 Å². The van der Waals surface area contributed by atoms with Crippen LogP contribution >= 0.6 is 24.0 Å². The van der Waals surface area contributed by atoms with E-state index >= 15 is 0 Å². The number of nitrogens with one attached hydrogen (secondary N) is 3. The van der Waals surface area contributed by atoms with Crippen molar-refractivity contribution >= 4 is 35.8 Å². The van der Waals surface area contributed by atoms with Gasteiger partial charge in [-0.2, -0.15) is 0 Å². The quantitative estimate of drug-likeness (QED) is 0.275. The summed E-state index contributed by atoms with van der Waals surface area (Å²) in [7, 11) is 0. The van der Waals surface area contributed by atoms with Crippen LogP contribution in [0.5, 0.6) is 0 Å². The van der Waals surface area contributed by atoms with Crippen LogP contribution in [0.15, 0.2) is 29.3 Å². The summed E-state index contributed by atoms with van der Waals surface area (Å²) in [6, 6.07) is 9.05. The molecule has 1 aromatic carbocycles. The molecule has 1 heterocycles. The molecular weight excluding hydrogens is 489 g/mol. The molecule has 0 spiro atoms. The third-order valence-corrected chi connectivity index (χ3v) is 5.51.